The van der Waals surface area contributed by atoms with Crippen molar-refractivity contribution in [2.24, 2.45) is 0 Å². The van der Waals surface area contributed by atoms with Gasteiger partial charge in [0, 0.05) is 12.1 Å². The molecule has 0 aliphatic heterocycles. The molecule has 0 aromatic heterocycles. The SMILES string of the molecule is CO.Clc1ccccc1. The van der Waals surface area contributed by atoms with Gasteiger partial charge in [-0.1, -0.05) is 29.8 Å². The fourth-order valence-electron chi connectivity index (χ4n) is 0.415. The van der Waals surface area contributed by atoms with Crippen LogP contribution in [0, 0.1) is 0 Å². The van der Waals surface area contributed by atoms with Crippen LogP contribution in [0.15, 0.2) is 30.3 Å². The topological polar surface area (TPSA) is 20.2 Å². The van der Waals surface area contributed by atoms with Crippen LogP contribution in [0.25, 0.3) is 0 Å². The Labute approximate surface area is 59.9 Å². The Balaban J connectivity index is 0.000000291. The molecule has 50 valence electrons. The summed E-state index contributed by atoms with van der Waals surface area (Å²) in [5.41, 5.74) is 0. The van der Waals surface area contributed by atoms with Crippen molar-refractivity contribution in [1.82, 2.24) is 0 Å². The van der Waals surface area contributed by atoms with Gasteiger partial charge in [0.25, 0.3) is 0 Å². The molecule has 0 bridgehead atoms. The summed E-state index contributed by atoms with van der Waals surface area (Å²) in [5.74, 6) is 0. The van der Waals surface area contributed by atoms with Crippen molar-refractivity contribution in [2.45, 2.75) is 0 Å². The summed E-state index contributed by atoms with van der Waals surface area (Å²) >= 11 is 5.54. The van der Waals surface area contributed by atoms with Gasteiger partial charge in [-0.3, -0.25) is 0 Å². The Morgan fingerprint density at radius 2 is 1.56 bits per heavy atom. The third kappa shape index (κ3) is 4.01. The second-order valence-electron chi connectivity index (χ2n) is 1.30. The molecule has 0 unspecified atom stereocenters. The van der Waals surface area contributed by atoms with Crippen LogP contribution in [0.4, 0.5) is 0 Å². The van der Waals surface area contributed by atoms with Gasteiger partial charge in [0.1, 0.15) is 0 Å². The highest BCUT2D eigenvalue weighted by atomic mass is 35.5. The molecule has 1 aromatic rings. The van der Waals surface area contributed by atoms with E-state index in [0.717, 1.165) is 12.1 Å². The highest BCUT2D eigenvalue weighted by Gasteiger charge is 1.74. The Kier molecular flexibility index (Phi) is 5.27. The largest absolute Gasteiger partial charge is 0.400 e. The highest BCUT2D eigenvalue weighted by molar-refractivity contribution is 6.30. The summed E-state index contributed by atoms with van der Waals surface area (Å²) in [4.78, 5) is 0. The molecule has 0 saturated heterocycles. The normalized spacial score (nSPS) is 7.44. The van der Waals surface area contributed by atoms with E-state index in [1.165, 1.54) is 0 Å². The maximum atomic E-state index is 7.00. The summed E-state index contributed by atoms with van der Waals surface area (Å²) in [6, 6.07) is 9.44. The smallest absolute Gasteiger partial charge is 0.0405 e. The number of halogens is 1. The van der Waals surface area contributed by atoms with Crippen molar-refractivity contribution in [3.8, 4) is 0 Å². The van der Waals surface area contributed by atoms with Gasteiger partial charge in [-0.25, -0.2) is 0 Å². The number of aliphatic hydroxyl groups excluding tert-OH is 1. The van der Waals surface area contributed by atoms with Crippen molar-refractivity contribution in [3.63, 3.8) is 0 Å². The molecule has 1 rings (SSSR count). The zero-order valence-electron chi connectivity index (χ0n) is 5.21. The zero-order chi connectivity index (χ0) is 7.11. The minimum Gasteiger partial charge on any atom is -0.400 e. The molecule has 1 nitrogen and oxygen atoms in total. The number of hydrogen-bond acceptors (Lipinski definition) is 1. The summed E-state index contributed by atoms with van der Waals surface area (Å²) < 4.78 is 0. The lowest BCUT2D eigenvalue weighted by Gasteiger charge is -1.80. The number of benzene rings is 1. The Morgan fingerprint density at radius 1 is 1.11 bits per heavy atom. The third-order valence-corrected chi connectivity index (χ3v) is 0.985. The zero-order valence-corrected chi connectivity index (χ0v) is 5.97. The fourth-order valence-corrected chi connectivity index (χ4v) is 0.560. The van der Waals surface area contributed by atoms with Crippen LogP contribution in [0.2, 0.25) is 5.02 Å². The van der Waals surface area contributed by atoms with Gasteiger partial charge in [0.2, 0.25) is 0 Å². The van der Waals surface area contributed by atoms with E-state index < -0.39 is 0 Å². The van der Waals surface area contributed by atoms with E-state index in [2.05, 4.69) is 0 Å². The number of aliphatic hydroxyl groups is 1. The average molecular weight is 145 g/mol. The Morgan fingerprint density at radius 3 is 1.78 bits per heavy atom. The maximum Gasteiger partial charge on any atom is 0.0405 e. The van der Waals surface area contributed by atoms with Gasteiger partial charge in [0.15, 0.2) is 0 Å². The highest BCUT2D eigenvalue weighted by Crippen LogP contribution is 2.03. The third-order valence-electron chi connectivity index (χ3n) is 0.733. The van der Waals surface area contributed by atoms with Gasteiger partial charge >= 0.3 is 0 Å². The quantitative estimate of drug-likeness (QED) is 0.590. The molecular formula is C7H9ClO. The molecule has 0 amide bonds. The standard InChI is InChI=1S/C6H5Cl.CH4O/c7-6-4-2-1-3-5-6;1-2/h1-5H;2H,1H3. The molecule has 0 heterocycles. The molecule has 9 heavy (non-hydrogen) atoms. The van der Waals surface area contributed by atoms with Crippen molar-refractivity contribution in [1.29, 1.82) is 0 Å². The number of rotatable bonds is 0. The second-order valence-corrected chi connectivity index (χ2v) is 1.73. The second kappa shape index (κ2) is 5.60. The van der Waals surface area contributed by atoms with E-state index in [-0.39, 0.29) is 0 Å². The first kappa shape index (κ1) is 8.47. The van der Waals surface area contributed by atoms with Crippen LogP contribution in [0.1, 0.15) is 0 Å². The first-order chi connectivity index (χ1) is 4.39. The first-order valence-electron chi connectivity index (χ1n) is 2.55. The average Bonchev–Trinajstić information content (AvgIpc) is 1.94. The van der Waals surface area contributed by atoms with Gasteiger partial charge in [0.05, 0.1) is 0 Å². The molecule has 0 fully saturated rings. The minimum atomic E-state index is 0.794. The molecule has 0 aliphatic carbocycles. The molecule has 0 aliphatic rings. The van der Waals surface area contributed by atoms with E-state index in [1.54, 1.807) is 0 Å². The lowest BCUT2D eigenvalue weighted by Crippen LogP contribution is -1.55. The lowest BCUT2D eigenvalue weighted by molar-refractivity contribution is 0.399. The predicted octanol–water partition coefficient (Wildman–Crippen LogP) is 1.95. The van der Waals surface area contributed by atoms with E-state index in [4.69, 9.17) is 16.7 Å². The summed E-state index contributed by atoms with van der Waals surface area (Å²) in [5, 5.41) is 7.79. The molecule has 1 aromatic carbocycles. The van der Waals surface area contributed by atoms with E-state index in [0.29, 0.717) is 0 Å². The van der Waals surface area contributed by atoms with E-state index in [9.17, 15) is 0 Å². The van der Waals surface area contributed by atoms with Crippen molar-refractivity contribution in [3.05, 3.63) is 35.4 Å². The molecule has 0 saturated carbocycles. The number of hydrogen-bond donors (Lipinski definition) is 1. The summed E-state index contributed by atoms with van der Waals surface area (Å²) in [6.07, 6.45) is 0. The van der Waals surface area contributed by atoms with Gasteiger partial charge in [-0.15, -0.1) is 0 Å². The maximum absolute atomic E-state index is 7.00. The molecule has 0 radical (unpaired) electrons. The van der Waals surface area contributed by atoms with Crippen molar-refractivity contribution < 1.29 is 5.11 Å². The Hall–Kier alpha value is -0.530. The van der Waals surface area contributed by atoms with Crippen LogP contribution >= 0.6 is 11.6 Å². The predicted molar refractivity (Wildman–Crippen MR) is 39.6 cm³/mol. The van der Waals surface area contributed by atoms with Crippen molar-refractivity contribution in [2.75, 3.05) is 7.11 Å². The van der Waals surface area contributed by atoms with E-state index >= 15 is 0 Å². The van der Waals surface area contributed by atoms with Crippen LogP contribution in [-0.2, 0) is 0 Å². The molecule has 1 N–H and O–H groups in total. The van der Waals surface area contributed by atoms with Crippen LogP contribution in [-0.4, -0.2) is 12.2 Å². The monoisotopic (exact) mass is 144 g/mol. The van der Waals surface area contributed by atoms with Crippen LogP contribution in [0.5, 0.6) is 0 Å². The minimum absolute atomic E-state index is 0.794. The fraction of sp³-hybridized carbons (Fsp3) is 0.143. The summed E-state index contributed by atoms with van der Waals surface area (Å²) in [7, 11) is 1.00. The van der Waals surface area contributed by atoms with Gasteiger partial charge in [-0.2, -0.15) is 0 Å². The molecule has 2 heteroatoms. The lowest BCUT2D eigenvalue weighted by atomic mass is 10.4. The van der Waals surface area contributed by atoms with Gasteiger partial charge in [-0.05, 0) is 12.1 Å². The van der Waals surface area contributed by atoms with E-state index in [1.807, 2.05) is 30.3 Å². The summed E-state index contributed by atoms with van der Waals surface area (Å²) in [6.45, 7) is 0. The van der Waals surface area contributed by atoms with Gasteiger partial charge < -0.3 is 5.11 Å². The van der Waals surface area contributed by atoms with Crippen molar-refractivity contribution >= 4 is 11.6 Å². The first-order valence-corrected chi connectivity index (χ1v) is 2.92. The van der Waals surface area contributed by atoms with Crippen LogP contribution < -0.4 is 0 Å². The molecule has 0 spiro atoms. The molecule has 0 atom stereocenters. The Bertz CT molecular complexity index is 139. The van der Waals surface area contributed by atoms with Crippen LogP contribution in [0.3, 0.4) is 0 Å². The molecular weight excluding hydrogens is 136 g/mol.